The molecule has 4 unspecified atom stereocenters. The van der Waals surface area contributed by atoms with Crippen LogP contribution in [0, 0.1) is 11.8 Å². The standard InChI is InChI=1S/C17H30O3/c1-2-15-14(7-10-19-15)16(18)13-6-11-20-17(12-13)8-4-3-5-9-17/h13-16,18H,2-12H2,1H3. The summed E-state index contributed by atoms with van der Waals surface area (Å²) in [7, 11) is 0. The van der Waals surface area contributed by atoms with Crippen LogP contribution in [-0.2, 0) is 9.47 Å². The first-order chi connectivity index (χ1) is 9.74. The van der Waals surface area contributed by atoms with Crippen molar-refractivity contribution >= 4 is 0 Å². The highest BCUT2D eigenvalue weighted by Gasteiger charge is 2.44. The van der Waals surface area contributed by atoms with E-state index in [0.717, 1.165) is 38.9 Å². The lowest BCUT2D eigenvalue weighted by molar-refractivity contribution is -0.141. The summed E-state index contributed by atoms with van der Waals surface area (Å²) in [5.41, 5.74) is 0.101. The van der Waals surface area contributed by atoms with Crippen LogP contribution in [0.15, 0.2) is 0 Å². The van der Waals surface area contributed by atoms with Crippen molar-refractivity contribution < 1.29 is 14.6 Å². The topological polar surface area (TPSA) is 38.7 Å². The Morgan fingerprint density at radius 2 is 1.95 bits per heavy atom. The monoisotopic (exact) mass is 282 g/mol. The van der Waals surface area contributed by atoms with E-state index in [0.29, 0.717) is 11.8 Å². The van der Waals surface area contributed by atoms with Gasteiger partial charge in [-0.05, 0) is 44.4 Å². The third-order valence-corrected chi connectivity index (χ3v) is 5.88. The minimum atomic E-state index is -0.190. The summed E-state index contributed by atoms with van der Waals surface area (Å²) < 4.78 is 11.9. The molecule has 20 heavy (non-hydrogen) atoms. The van der Waals surface area contributed by atoms with Crippen molar-refractivity contribution in [1.82, 2.24) is 0 Å². The second-order valence-corrected chi connectivity index (χ2v) is 7.11. The van der Waals surface area contributed by atoms with Gasteiger partial charge in [0.15, 0.2) is 0 Å². The summed E-state index contributed by atoms with van der Waals surface area (Å²) in [5, 5.41) is 10.9. The summed E-state index contributed by atoms with van der Waals surface area (Å²) in [6, 6.07) is 0. The van der Waals surface area contributed by atoms with Gasteiger partial charge in [-0.1, -0.05) is 26.2 Å². The normalized spacial score (nSPS) is 39.0. The molecule has 0 aromatic rings. The third kappa shape index (κ3) is 2.90. The minimum Gasteiger partial charge on any atom is -0.392 e. The van der Waals surface area contributed by atoms with E-state index in [1.54, 1.807) is 0 Å². The van der Waals surface area contributed by atoms with Crippen LogP contribution >= 0.6 is 0 Å². The molecule has 3 heteroatoms. The van der Waals surface area contributed by atoms with Gasteiger partial charge in [0.25, 0.3) is 0 Å². The fourth-order valence-corrected chi connectivity index (χ4v) is 4.73. The van der Waals surface area contributed by atoms with Gasteiger partial charge in [-0.25, -0.2) is 0 Å². The molecule has 0 amide bonds. The molecule has 116 valence electrons. The molecule has 0 radical (unpaired) electrons. The molecule has 1 spiro atoms. The lowest BCUT2D eigenvalue weighted by atomic mass is 9.72. The van der Waals surface area contributed by atoms with Crippen molar-refractivity contribution in [2.24, 2.45) is 11.8 Å². The van der Waals surface area contributed by atoms with Crippen molar-refractivity contribution in [2.45, 2.75) is 82.5 Å². The maximum absolute atomic E-state index is 10.9. The van der Waals surface area contributed by atoms with E-state index in [4.69, 9.17) is 9.47 Å². The lowest BCUT2D eigenvalue weighted by Crippen LogP contribution is -2.46. The fraction of sp³-hybridized carbons (Fsp3) is 1.00. The van der Waals surface area contributed by atoms with E-state index in [9.17, 15) is 5.11 Å². The van der Waals surface area contributed by atoms with Crippen LogP contribution in [0.25, 0.3) is 0 Å². The Hall–Kier alpha value is -0.120. The largest absolute Gasteiger partial charge is 0.392 e. The Bertz CT molecular complexity index is 306. The second-order valence-electron chi connectivity index (χ2n) is 7.11. The number of aliphatic hydroxyl groups is 1. The zero-order valence-electron chi connectivity index (χ0n) is 12.9. The molecule has 1 saturated carbocycles. The highest BCUT2D eigenvalue weighted by Crippen LogP contribution is 2.43. The van der Waals surface area contributed by atoms with Crippen LogP contribution < -0.4 is 0 Å². The zero-order valence-corrected chi connectivity index (χ0v) is 12.9. The van der Waals surface area contributed by atoms with Crippen molar-refractivity contribution in [3.63, 3.8) is 0 Å². The van der Waals surface area contributed by atoms with Gasteiger partial charge < -0.3 is 14.6 Å². The van der Waals surface area contributed by atoms with Gasteiger partial charge in [-0.3, -0.25) is 0 Å². The molecular formula is C17H30O3. The van der Waals surface area contributed by atoms with E-state index in [1.807, 2.05) is 0 Å². The first-order valence-electron chi connectivity index (χ1n) is 8.68. The number of aliphatic hydroxyl groups excluding tert-OH is 1. The Kier molecular flexibility index (Phi) is 4.68. The molecule has 3 nitrogen and oxygen atoms in total. The fourth-order valence-electron chi connectivity index (χ4n) is 4.73. The van der Waals surface area contributed by atoms with Gasteiger partial charge in [-0.15, -0.1) is 0 Å². The van der Waals surface area contributed by atoms with Crippen LogP contribution in [0.2, 0.25) is 0 Å². The Labute approximate surface area is 123 Å². The van der Waals surface area contributed by atoms with Crippen molar-refractivity contribution in [2.75, 3.05) is 13.2 Å². The number of ether oxygens (including phenoxy) is 2. The number of hydrogen-bond donors (Lipinski definition) is 1. The van der Waals surface area contributed by atoms with E-state index in [-0.39, 0.29) is 17.8 Å². The van der Waals surface area contributed by atoms with E-state index < -0.39 is 0 Å². The van der Waals surface area contributed by atoms with Crippen LogP contribution in [0.5, 0.6) is 0 Å². The Morgan fingerprint density at radius 3 is 2.70 bits per heavy atom. The first-order valence-corrected chi connectivity index (χ1v) is 8.68. The van der Waals surface area contributed by atoms with Gasteiger partial charge in [0, 0.05) is 19.1 Å². The molecule has 3 aliphatic rings. The second kappa shape index (κ2) is 6.33. The van der Waals surface area contributed by atoms with Gasteiger partial charge >= 0.3 is 0 Å². The SMILES string of the molecule is CCC1OCCC1C(O)C1CCOC2(CCCCC2)C1. The maximum Gasteiger partial charge on any atom is 0.0686 e. The lowest BCUT2D eigenvalue weighted by Gasteiger charge is -2.45. The zero-order chi connectivity index (χ0) is 14.0. The maximum atomic E-state index is 10.9. The molecule has 1 aliphatic carbocycles. The first kappa shape index (κ1) is 14.8. The van der Waals surface area contributed by atoms with E-state index >= 15 is 0 Å². The molecule has 3 rings (SSSR count). The molecular weight excluding hydrogens is 252 g/mol. The molecule has 2 aliphatic heterocycles. The number of rotatable bonds is 3. The van der Waals surface area contributed by atoms with E-state index in [2.05, 4.69) is 6.92 Å². The van der Waals surface area contributed by atoms with Gasteiger partial charge in [0.1, 0.15) is 0 Å². The van der Waals surface area contributed by atoms with Crippen LogP contribution in [-0.4, -0.2) is 36.1 Å². The van der Waals surface area contributed by atoms with Crippen molar-refractivity contribution in [3.05, 3.63) is 0 Å². The van der Waals surface area contributed by atoms with Crippen molar-refractivity contribution in [1.29, 1.82) is 0 Å². The van der Waals surface area contributed by atoms with E-state index in [1.165, 1.54) is 32.1 Å². The molecule has 3 fully saturated rings. The quantitative estimate of drug-likeness (QED) is 0.863. The Balaban J connectivity index is 1.64. The highest BCUT2D eigenvalue weighted by atomic mass is 16.5. The summed E-state index contributed by atoms with van der Waals surface area (Å²) in [5.74, 6) is 0.770. The molecule has 1 N–H and O–H groups in total. The summed E-state index contributed by atoms with van der Waals surface area (Å²) in [6.45, 7) is 3.84. The molecule has 2 heterocycles. The van der Waals surface area contributed by atoms with Crippen LogP contribution in [0.3, 0.4) is 0 Å². The van der Waals surface area contributed by atoms with Crippen LogP contribution in [0.4, 0.5) is 0 Å². The highest BCUT2D eigenvalue weighted by molar-refractivity contribution is 4.94. The molecule has 2 saturated heterocycles. The summed E-state index contributed by atoms with van der Waals surface area (Å²) >= 11 is 0. The predicted molar refractivity (Wildman–Crippen MR) is 78.6 cm³/mol. The van der Waals surface area contributed by atoms with Crippen LogP contribution in [0.1, 0.15) is 64.7 Å². The van der Waals surface area contributed by atoms with Crippen molar-refractivity contribution in [3.8, 4) is 0 Å². The molecule has 0 aromatic heterocycles. The minimum absolute atomic E-state index is 0.101. The predicted octanol–water partition coefficient (Wildman–Crippen LogP) is 3.29. The smallest absolute Gasteiger partial charge is 0.0686 e. The number of hydrogen-bond acceptors (Lipinski definition) is 3. The Morgan fingerprint density at radius 1 is 1.15 bits per heavy atom. The summed E-state index contributed by atoms with van der Waals surface area (Å²) in [4.78, 5) is 0. The van der Waals surface area contributed by atoms with Gasteiger partial charge in [-0.2, -0.15) is 0 Å². The van der Waals surface area contributed by atoms with Gasteiger partial charge in [0.2, 0.25) is 0 Å². The average molecular weight is 282 g/mol. The summed E-state index contributed by atoms with van der Waals surface area (Å²) in [6.07, 6.45) is 10.6. The average Bonchev–Trinajstić information content (AvgIpc) is 2.96. The third-order valence-electron chi connectivity index (χ3n) is 5.88. The molecule has 0 bridgehead atoms. The van der Waals surface area contributed by atoms with Gasteiger partial charge in [0.05, 0.1) is 17.8 Å². The molecule has 4 atom stereocenters. The molecule has 0 aromatic carbocycles.